The Labute approximate surface area is 153 Å². The normalized spacial score (nSPS) is 12.0. The van der Waals surface area contributed by atoms with Crippen LogP contribution in [0.1, 0.15) is 24.5 Å². The number of halogens is 2. The molecule has 0 aliphatic rings. The van der Waals surface area contributed by atoms with Crippen LogP contribution >= 0.6 is 11.8 Å². The molecule has 1 atom stereocenters. The topological polar surface area (TPSA) is 57.4 Å². The predicted molar refractivity (Wildman–Crippen MR) is 92.3 cm³/mol. The Kier molecular flexibility index (Phi) is 5.72. The molecule has 1 aromatic heterocycles. The average molecular weight is 378 g/mol. The molecule has 0 unspecified atom stereocenters. The number of methoxy groups -OCH3 is 1. The standard InChI is InChI=1S/C18H16F2N2O3S/c1-11(24-14-6-4-13(19)5-7-14)17-21-22-18(25-17)26-10-12-3-8-16(23-2)15(20)9-12/h3-9,11H,10H2,1-2H3/t11-/m1/s1. The van der Waals surface area contributed by atoms with Crippen LogP contribution in [0.3, 0.4) is 0 Å². The fourth-order valence-corrected chi connectivity index (χ4v) is 2.87. The van der Waals surface area contributed by atoms with E-state index in [1.807, 2.05) is 0 Å². The van der Waals surface area contributed by atoms with Gasteiger partial charge in [-0.05, 0) is 48.9 Å². The van der Waals surface area contributed by atoms with Crippen LogP contribution in [0.4, 0.5) is 8.78 Å². The summed E-state index contributed by atoms with van der Waals surface area (Å²) in [6.45, 7) is 1.75. The van der Waals surface area contributed by atoms with Gasteiger partial charge in [0.25, 0.3) is 11.1 Å². The summed E-state index contributed by atoms with van der Waals surface area (Å²) in [5, 5.41) is 8.26. The molecule has 0 aliphatic carbocycles. The Morgan fingerprint density at radius 2 is 1.88 bits per heavy atom. The molecular weight excluding hydrogens is 362 g/mol. The second kappa shape index (κ2) is 8.18. The van der Waals surface area contributed by atoms with Gasteiger partial charge in [0, 0.05) is 5.75 Å². The van der Waals surface area contributed by atoms with E-state index < -0.39 is 11.9 Å². The Balaban J connectivity index is 1.58. The molecule has 0 bridgehead atoms. The minimum Gasteiger partial charge on any atom is -0.494 e. The molecule has 0 N–H and O–H groups in total. The molecule has 2 aromatic carbocycles. The molecule has 136 valence electrons. The Hall–Kier alpha value is -2.61. The molecule has 3 rings (SSSR count). The number of rotatable bonds is 7. The number of thioether (sulfide) groups is 1. The van der Waals surface area contributed by atoms with Crippen molar-refractivity contribution >= 4 is 11.8 Å². The van der Waals surface area contributed by atoms with Gasteiger partial charge in [-0.2, -0.15) is 0 Å². The SMILES string of the molecule is COc1ccc(CSc2nnc([C@@H](C)Oc3ccc(F)cc3)o2)cc1F. The smallest absolute Gasteiger partial charge is 0.277 e. The van der Waals surface area contributed by atoms with E-state index in [0.29, 0.717) is 22.6 Å². The van der Waals surface area contributed by atoms with E-state index in [2.05, 4.69) is 10.2 Å². The quantitative estimate of drug-likeness (QED) is 0.551. The molecular formula is C18H16F2N2O3S. The number of nitrogens with zero attached hydrogens (tertiary/aromatic N) is 2. The van der Waals surface area contributed by atoms with Gasteiger partial charge in [0.15, 0.2) is 17.7 Å². The van der Waals surface area contributed by atoms with E-state index in [1.165, 1.54) is 49.2 Å². The van der Waals surface area contributed by atoms with Gasteiger partial charge < -0.3 is 13.9 Å². The van der Waals surface area contributed by atoms with Crippen molar-refractivity contribution in [3.05, 3.63) is 65.6 Å². The molecule has 0 aliphatic heterocycles. The van der Waals surface area contributed by atoms with Crippen LogP contribution in [0.5, 0.6) is 11.5 Å². The number of aromatic nitrogens is 2. The molecule has 5 nitrogen and oxygen atoms in total. The van der Waals surface area contributed by atoms with Gasteiger partial charge in [0.2, 0.25) is 0 Å². The molecule has 8 heteroatoms. The van der Waals surface area contributed by atoms with E-state index in [-0.39, 0.29) is 11.6 Å². The van der Waals surface area contributed by atoms with Crippen molar-refractivity contribution < 1.29 is 22.7 Å². The van der Waals surface area contributed by atoms with Crippen molar-refractivity contribution in [3.8, 4) is 11.5 Å². The third-order valence-electron chi connectivity index (χ3n) is 3.47. The Morgan fingerprint density at radius 3 is 2.58 bits per heavy atom. The average Bonchev–Trinajstić information content (AvgIpc) is 3.11. The van der Waals surface area contributed by atoms with Gasteiger partial charge in [0.1, 0.15) is 11.6 Å². The van der Waals surface area contributed by atoms with E-state index in [0.717, 1.165) is 5.56 Å². The van der Waals surface area contributed by atoms with Crippen molar-refractivity contribution in [3.63, 3.8) is 0 Å². The summed E-state index contributed by atoms with van der Waals surface area (Å²) in [6.07, 6.45) is -0.485. The summed E-state index contributed by atoms with van der Waals surface area (Å²) in [5.41, 5.74) is 0.767. The first-order chi connectivity index (χ1) is 12.5. The first-order valence-corrected chi connectivity index (χ1v) is 8.74. The summed E-state index contributed by atoms with van der Waals surface area (Å²) in [7, 11) is 1.42. The Bertz CT molecular complexity index is 871. The van der Waals surface area contributed by atoms with Crippen molar-refractivity contribution in [1.82, 2.24) is 10.2 Å². The lowest BCUT2D eigenvalue weighted by molar-refractivity contribution is 0.181. The molecule has 0 spiro atoms. The lowest BCUT2D eigenvalue weighted by Crippen LogP contribution is -2.03. The third-order valence-corrected chi connectivity index (χ3v) is 4.36. The van der Waals surface area contributed by atoms with Gasteiger partial charge in [-0.3, -0.25) is 0 Å². The van der Waals surface area contributed by atoms with Crippen molar-refractivity contribution in [2.24, 2.45) is 0 Å². The zero-order valence-corrected chi connectivity index (χ0v) is 14.9. The largest absolute Gasteiger partial charge is 0.494 e. The van der Waals surface area contributed by atoms with Gasteiger partial charge in [-0.1, -0.05) is 17.8 Å². The molecule has 0 saturated carbocycles. The summed E-state index contributed by atoms with van der Waals surface area (Å²) >= 11 is 1.29. The van der Waals surface area contributed by atoms with Crippen LogP contribution < -0.4 is 9.47 Å². The maximum absolute atomic E-state index is 13.7. The highest BCUT2D eigenvalue weighted by Crippen LogP contribution is 2.27. The highest BCUT2D eigenvalue weighted by molar-refractivity contribution is 7.98. The van der Waals surface area contributed by atoms with Crippen LogP contribution in [0, 0.1) is 11.6 Å². The molecule has 0 fully saturated rings. The van der Waals surface area contributed by atoms with Gasteiger partial charge in [-0.15, -0.1) is 10.2 Å². The molecule has 0 amide bonds. The molecule has 1 heterocycles. The number of hydrogen-bond acceptors (Lipinski definition) is 6. The van der Waals surface area contributed by atoms with E-state index >= 15 is 0 Å². The Morgan fingerprint density at radius 1 is 1.12 bits per heavy atom. The minimum atomic E-state index is -0.485. The van der Waals surface area contributed by atoms with Crippen LogP contribution in [-0.2, 0) is 5.75 Å². The van der Waals surface area contributed by atoms with Gasteiger partial charge >= 0.3 is 0 Å². The fourth-order valence-electron chi connectivity index (χ4n) is 2.16. The number of benzene rings is 2. The molecule has 3 aromatic rings. The van der Waals surface area contributed by atoms with Crippen molar-refractivity contribution in [1.29, 1.82) is 0 Å². The van der Waals surface area contributed by atoms with E-state index in [9.17, 15) is 8.78 Å². The summed E-state index contributed by atoms with van der Waals surface area (Å²) in [4.78, 5) is 0. The summed E-state index contributed by atoms with van der Waals surface area (Å²) in [5.74, 6) is 0.716. The van der Waals surface area contributed by atoms with E-state index in [4.69, 9.17) is 13.9 Å². The van der Waals surface area contributed by atoms with Crippen molar-refractivity contribution in [2.75, 3.05) is 7.11 Å². The monoisotopic (exact) mass is 378 g/mol. The minimum absolute atomic E-state index is 0.200. The number of ether oxygens (including phenoxy) is 2. The molecule has 26 heavy (non-hydrogen) atoms. The zero-order chi connectivity index (χ0) is 18.5. The zero-order valence-electron chi connectivity index (χ0n) is 14.1. The first-order valence-electron chi connectivity index (χ1n) is 7.76. The number of hydrogen-bond donors (Lipinski definition) is 0. The van der Waals surface area contributed by atoms with E-state index in [1.54, 1.807) is 19.1 Å². The fraction of sp³-hybridized carbons (Fsp3) is 0.222. The highest BCUT2D eigenvalue weighted by atomic mass is 32.2. The first kappa shape index (κ1) is 18.2. The van der Waals surface area contributed by atoms with Gasteiger partial charge in [-0.25, -0.2) is 8.78 Å². The van der Waals surface area contributed by atoms with Crippen LogP contribution in [0.25, 0.3) is 0 Å². The van der Waals surface area contributed by atoms with Crippen LogP contribution in [0.2, 0.25) is 0 Å². The second-order valence-corrected chi connectivity index (χ2v) is 6.30. The maximum Gasteiger partial charge on any atom is 0.277 e. The summed E-state index contributed by atoms with van der Waals surface area (Å²) in [6, 6.07) is 10.4. The van der Waals surface area contributed by atoms with Crippen molar-refractivity contribution in [2.45, 2.75) is 24.0 Å². The second-order valence-electron chi connectivity index (χ2n) is 5.38. The lowest BCUT2D eigenvalue weighted by Gasteiger charge is -2.10. The predicted octanol–water partition coefficient (Wildman–Crippen LogP) is 4.79. The lowest BCUT2D eigenvalue weighted by atomic mass is 10.2. The molecule has 0 radical (unpaired) electrons. The molecule has 0 saturated heterocycles. The highest BCUT2D eigenvalue weighted by Gasteiger charge is 2.16. The third kappa shape index (κ3) is 4.51. The van der Waals surface area contributed by atoms with Gasteiger partial charge in [0.05, 0.1) is 7.11 Å². The van der Waals surface area contributed by atoms with Crippen LogP contribution in [0.15, 0.2) is 52.1 Å². The van der Waals surface area contributed by atoms with Crippen LogP contribution in [-0.4, -0.2) is 17.3 Å². The maximum atomic E-state index is 13.7. The summed E-state index contributed by atoms with van der Waals surface area (Å²) < 4.78 is 42.7.